The number of nitrogens with zero attached hydrogens (tertiary/aromatic N) is 1. The summed E-state index contributed by atoms with van der Waals surface area (Å²) >= 11 is 5.93. The molecular formula is C15H15ClN2O3. The number of hydrogen-bond acceptors (Lipinski definition) is 2. The summed E-state index contributed by atoms with van der Waals surface area (Å²) in [5, 5.41) is 10.6. The lowest BCUT2D eigenvalue weighted by Gasteiger charge is -2.25. The minimum Gasteiger partial charge on any atom is -0.480 e. The Labute approximate surface area is 126 Å². The first-order valence-electron chi connectivity index (χ1n) is 6.81. The Morgan fingerprint density at radius 1 is 1.38 bits per heavy atom. The molecule has 110 valence electrons. The topological polar surface area (TPSA) is 73.4 Å². The van der Waals surface area contributed by atoms with Gasteiger partial charge in [0.25, 0.3) is 5.91 Å². The van der Waals surface area contributed by atoms with Crippen molar-refractivity contribution >= 4 is 34.4 Å². The number of aromatic amines is 1. The minimum absolute atomic E-state index is 0.0265. The van der Waals surface area contributed by atoms with Crippen molar-refractivity contribution in [2.24, 2.45) is 0 Å². The molecule has 0 saturated heterocycles. The molecule has 1 fully saturated rings. The monoisotopic (exact) mass is 306 g/mol. The largest absolute Gasteiger partial charge is 0.480 e. The van der Waals surface area contributed by atoms with Gasteiger partial charge in [0.2, 0.25) is 0 Å². The van der Waals surface area contributed by atoms with Crippen LogP contribution >= 0.6 is 11.6 Å². The number of fused-ring (bicyclic) bond motifs is 1. The van der Waals surface area contributed by atoms with E-state index >= 15 is 0 Å². The number of nitrogens with one attached hydrogen (secondary N) is 1. The Morgan fingerprint density at radius 3 is 2.71 bits per heavy atom. The maximum atomic E-state index is 12.6. The second-order valence-corrected chi connectivity index (χ2v) is 5.81. The van der Waals surface area contributed by atoms with E-state index < -0.39 is 12.0 Å². The molecule has 1 aromatic carbocycles. The molecular weight excluding hydrogens is 292 g/mol. The van der Waals surface area contributed by atoms with Gasteiger partial charge in [-0.15, -0.1) is 0 Å². The van der Waals surface area contributed by atoms with Gasteiger partial charge in [-0.25, -0.2) is 4.79 Å². The van der Waals surface area contributed by atoms with Crippen LogP contribution in [0.15, 0.2) is 24.3 Å². The number of halogens is 1. The van der Waals surface area contributed by atoms with Crippen molar-refractivity contribution in [2.75, 3.05) is 0 Å². The van der Waals surface area contributed by atoms with E-state index in [0.717, 1.165) is 23.7 Å². The zero-order chi connectivity index (χ0) is 15.1. The van der Waals surface area contributed by atoms with Crippen molar-refractivity contribution in [3.63, 3.8) is 0 Å². The Balaban J connectivity index is 1.95. The Bertz CT molecular complexity index is 721. The summed E-state index contributed by atoms with van der Waals surface area (Å²) in [6.07, 6.45) is 1.71. The van der Waals surface area contributed by atoms with E-state index in [2.05, 4.69) is 4.98 Å². The van der Waals surface area contributed by atoms with Crippen LogP contribution in [-0.2, 0) is 4.79 Å². The maximum absolute atomic E-state index is 12.6. The van der Waals surface area contributed by atoms with Gasteiger partial charge in [-0.1, -0.05) is 17.7 Å². The fourth-order valence-corrected chi connectivity index (χ4v) is 2.66. The van der Waals surface area contributed by atoms with Gasteiger partial charge < -0.3 is 15.0 Å². The number of benzene rings is 1. The molecule has 1 aliphatic rings. The first-order valence-corrected chi connectivity index (χ1v) is 7.19. The van der Waals surface area contributed by atoms with Crippen molar-refractivity contribution in [1.82, 2.24) is 9.88 Å². The summed E-state index contributed by atoms with van der Waals surface area (Å²) in [6, 6.07) is 6.25. The van der Waals surface area contributed by atoms with Crippen LogP contribution in [0.3, 0.4) is 0 Å². The van der Waals surface area contributed by atoms with E-state index in [-0.39, 0.29) is 11.9 Å². The predicted molar refractivity (Wildman–Crippen MR) is 79.6 cm³/mol. The van der Waals surface area contributed by atoms with Crippen molar-refractivity contribution < 1.29 is 14.7 Å². The summed E-state index contributed by atoms with van der Waals surface area (Å²) in [5.41, 5.74) is 1.16. The van der Waals surface area contributed by atoms with Crippen molar-refractivity contribution in [1.29, 1.82) is 0 Å². The molecule has 1 aliphatic carbocycles. The molecule has 5 nitrogen and oxygen atoms in total. The van der Waals surface area contributed by atoms with Crippen LogP contribution in [0.25, 0.3) is 10.9 Å². The number of carbonyl (C=O) groups excluding carboxylic acids is 1. The normalized spacial score (nSPS) is 15.9. The zero-order valence-electron chi connectivity index (χ0n) is 11.5. The lowest BCUT2D eigenvalue weighted by molar-refractivity contribution is -0.141. The highest BCUT2D eigenvalue weighted by Crippen LogP contribution is 2.31. The van der Waals surface area contributed by atoms with Crippen LogP contribution in [-0.4, -0.2) is 39.0 Å². The molecule has 6 heteroatoms. The summed E-state index contributed by atoms with van der Waals surface area (Å²) < 4.78 is 0. The highest BCUT2D eigenvalue weighted by atomic mass is 35.5. The highest BCUT2D eigenvalue weighted by molar-refractivity contribution is 6.31. The molecule has 1 amide bonds. The molecule has 1 unspecified atom stereocenters. The number of H-pyrrole nitrogens is 1. The van der Waals surface area contributed by atoms with Crippen LogP contribution in [0.5, 0.6) is 0 Å². The fourth-order valence-electron chi connectivity index (χ4n) is 2.48. The van der Waals surface area contributed by atoms with E-state index in [4.69, 9.17) is 11.6 Å². The van der Waals surface area contributed by atoms with Crippen molar-refractivity contribution in [3.05, 3.63) is 35.0 Å². The quantitative estimate of drug-likeness (QED) is 0.912. The van der Waals surface area contributed by atoms with E-state index in [0.29, 0.717) is 10.7 Å². The summed E-state index contributed by atoms with van der Waals surface area (Å²) in [6.45, 7) is 1.54. The van der Waals surface area contributed by atoms with Gasteiger partial charge in [-0.05, 0) is 38.0 Å². The standard InChI is InChI=1S/C15H15ClN2O3/c1-8(15(20)21)18(11-4-5-11)14(19)13-6-9-2-3-10(16)7-12(9)17-13/h2-3,6-8,11,17H,4-5H2,1H3,(H,20,21). The molecule has 3 rings (SSSR count). The van der Waals surface area contributed by atoms with Gasteiger partial charge >= 0.3 is 5.97 Å². The van der Waals surface area contributed by atoms with Crippen molar-refractivity contribution in [2.45, 2.75) is 31.8 Å². The molecule has 21 heavy (non-hydrogen) atoms. The Morgan fingerprint density at radius 2 is 2.10 bits per heavy atom. The van der Waals surface area contributed by atoms with E-state index in [1.54, 1.807) is 18.2 Å². The van der Waals surface area contributed by atoms with Gasteiger partial charge in [0, 0.05) is 22.0 Å². The predicted octanol–water partition coefficient (Wildman–Crippen LogP) is 2.90. The average Bonchev–Trinajstić information content (AvgIpc) is 3.17. The summed E-state index contributed by atoms with van der Waals surface area (Å²) in [4.78, 5) is 28.3. The van der Waals surface area contributed by atoms with Crippen LogP contribution in [0.2, 0.25) is 5.02 Å². The smallest absolute Gasteiger partial charge is 0.326 e. The first-order chi connectivity index (χ1) is 9.97. The van der Waals surface area contributed by atoms with Crippen LogP contribution in [0.4, 0.5) is 0 Å². The zero-order valence-corrected chi connectivity index (χ0v) is 12.2. The molecule has 0 aliphatic heterocycles. The van der Waals surface area contributed by atoms with Gasteiger partial charge in [0.1, 0.15) is 11.7 Å². The number of carboxylic acids is 1. The number of carboxylic acid groups (broad SMARTS) is 1. The SMILES string of the molecule is CC(C(=O)O)N(C(=O)c1cc2ccc(Cl)cc2[nH]1)C1CC1. The highest BCUT2D eigenvalue weighted by Gasteiger charge is 2.39. The number of hydrogen-bond donors (Lipinski definition) is 2. The van der Waals surface area contributed by atoms with Crippen LogP contribution in [0, 0.1) is 0 Å². The van der Waals surface area contributed by atoms with Gasteiger partial charge in [-0.2, -0.15) is 0 Å². The second-order valence-electron chi connectivity index (χ2n) is 5.37. The third-order valence-electron chi connectivity index (χ3n) is 3.76. The Kier molecular flexibility index (Phi) is 3.37. The van der Waals surface area contributed by atoms with Gasteiger partial charge in [-0.3, -0.25) is 4.79 Å². The maximum Gasteiger partial charge on any atom is 0.326 e. The van der Waals surface area contributed by atoms with Crippen LogP contribution in [0.1, 0.15) is 30.3 Å². The lowest BCUT2D eigenvalue weighted by Crippen LogP contribution is -2.44. The third kappa shape index (κ3) is 2.61. The van der Waals surface area contributed by atoms with Gasteiger partial charge in [0.15, 0.2) is 0 Å². The van der Waals surface area contributed by atoms with Gasteiger partial charge in [0.05, 0.1) is 0 Å². The molecule has 1 heterocycles. The number of aromatic nitrogens is 1. The molecule has 2 N–H and O–H groups in total. The van der Waals surface area contributed by atoms with E-state index in [1.165, 1.54) is 11.8 Å². The first kappa shape index (κ1) is 13.9. The number of carbonyl (C=O) groups is 2. The molecule has 0 spiro atoms. The molecule has 1 aromatic heterocycles. The molecule has 1 atom stereocenters. The number of amides is 1. The van der Waals surface area contributed by atoms with E-state index in [1.807, 2.05) is 6.07 Å². The Hall–Kier alpha value is -2.01. The number of aliphatic carboxylic acids is 1. The average molecular weight is 307 g/mol. The van der Waals surface area contributed by atoms with Crippen molar-refractivity contribution in [3.8, 4) is 0 Å². The molecule has 2 aromatic rings. The number of rotatable bonds is 4. The fraction of sp³-hybridized carbons (Fsp3) is 0.333. The van der Waals surface area contributed by atoms with E-state index in [9.17, 15) is 14.7 Å². The molecule has 0 bridgehead atoms. The summed E-state index contributed by atoms with van der Waals surface area (Å²) in [7, 11) is 0. The molecule has 0 radical (unpaired) electrons. The summed E-state index contributed by atoms with van der Waals surface area (Å²) in [5.74, 6) is -1.27. The third-order valence-corrected chi connectivity index (χ3v) is 4.00. The minimum atomic E-state index is -0.991. The van der Waals surface area contributed by atoms with Crippen LogP contribution < -0.4 is 0 Å². The molecule has 1 saturated carbocycles. The second kappa shape index (κ2) is 5.07. The lowest BCUT2D eigenvalue weighted by atomic mass is 10.2.